The molecule has 0 saturated heterocycles. The minimum absolute atomic E-state index is 0.369. The highest BCUT2D eigenvalue weighted by Crippen LogP contribution is 2.42. The van der Waals surface area contributed by atoms with Crippen molar-refractivity contribution >= 4 is 27.7 Å². The average Bonchev–Trinajstić information content (AvgIpc) is 3.25. The molecule has 0 bridgehead atoms. The second-order valence-corrected chi connectivity index (χ2v) is 14.0. The number of rotatable bonds is 8. The predicted molar refractivity (Wildman–Crippen MR) is 226 cm³/mol. The summed E-state index contributed by atoms with van der Waals surface area (Å²) in [5.74, 6) is 0.369. The summed E-state index contributed by atoms with van der Waals surface area (Å²) in [6.07, 6.45) is 16.9. The topological polar surface area (TPSA) is 3.24 Å². The third-order valence-electron chi connectivity index (χ3n) is 10.7. The fourth-order valence-electron chi connectivity index (χ4n) is 7.95. The highest BCUT2D eigenvalue weighted by Gasteiger charge is 2.21. The van der Waals surface area contributed by atoms with E-state index >= 15 is 0 Å². The van der Waals surface area contributed by atoms with Gasteiger partial charge in [-0.25, -0.2) is 0 Å². The van der Waals surface area contributed by atoms with Gasteiger partial charge in [-0.05, 0) is 117 Å². The quantitative estimate of drug-likeness (QED) is 0.155. The maximum absolute atomic E-state index is 2.44. The van der Waals surface area contributed by atoms with Crippen LogP contribution in [-0.4, -0.2) is 0 Å². The molecule has 254 valence electrons. The van der Waals surface area contributed by atoms with Crippen LogP contribution in [0.2, 0.25) is 0 Å². The van der Waals surface area contributed by atoms with E-state index in [4.69, 9.17) is 0 Å². The first-order chi connectivity index (χ1) is 26.3. The van der Waals surface area contributed by atoms with E-state index in [2.05, 4.69) is 211 Å². The molecule has 1 nitrogen and oxygen atoms in total. The Morgan fingerprint density at radius 3 is 1.96 bits per heavy atom. The molecule has 0 saturated carbocycles. The monoisotopic (exact) mass is 679 g/mol. The van der Waals surface area contributed by atoms with Crippen molar-refractivity contribution in [1.29, 1.82) is 0 Å². The summed E-state index contributed by atoms with van der Waals surface area (Å²) < 4.78 is 0. The Kier molecular flexibility index (Phi) is 8.98. The van der Waals surface area contributed by atoms with Crippen molar-refractivity contribution in [3.05, 3.63) is 223 Å². The molecule has 0 radical (unpaired) electrons. The van der Waals surface area contributed by atoms with Gasteiger partial charge in [0.2, 0.25) is 0 Å². The van der Waals surface area contributed by atoms with Crippen LogP contribution >= 0.6 is 0 Å². The molecule has 7 aromatic carbocycles. The van der Waals surface area contributed by atoms with E-state index in [9.17, 15) is 0 Å². The minimum atomic E-state index is 0.369. The lowest BCUT2D eigenvalue weighted by atomic mass is 9.88. The lowest BCUT2D eigenvalue weighted by molar-refractivity contribution is 0.840. The standard InChI is InChI=1S/C52H41N/c1-4-14-38(15-5-1)40-26-30-46(31-27-40)53(47-32-28-41(29-33-47)39-16-6-2-7-17-39)48-34-35-51(52(37-48)43-18-8-3-9-19-43)45-23-12-22-44(36-45)50-25-13-21-42-20-10-11-24-49(42)50/h1-8,10-18,20-28,30-37,41H,9,19,29H2. The lowest BCUT2D eigenvalue weighted by Crippen LogP contribution is -2.17. The Bertz CT molecular complexity index is 2510. The molecule has 2 aliphatic rings. The Morgan fingerprint density at radius 2 is 1.19 bits per heavy atom. The van der Waals surface area contributed by atoms with Gasteiger partial charge in [0, 0.05) is 23.0 Å². The van der Waals surface area contributed by atoms with Crippen molar-refractivity contribution in [3.63, 3.8) is 0 Å². The average molecular weight is 680 g/mol. The van der Waals surface area contributed by atoms with Gasteiger partial charge in [-0.3, -0.25) is 0 Å². The second-order valence-electron chi connectivity index (χ2n) is 14.0. The van der Waals surface area contributed by atoms with E-state index in [0.717, 1.165) is 30.6 Å². The molecule has 0 N–H and O–H groups in total. The molecule has 0 heterocycles. The third kappa shape index (κ3) is 6.70. The van der Waals surface area contributed by atoms with Crippen molar-refractivity contribution in [2.75, 3.05) is 4.90 Å². The molecule has 1 heteroatoms. The van der Waals surface area contributed by atoms with Crippen LogP contribution in [0.4, 0.5) is 11.4 Å². The van der Waals surface area contributed by atoms with Crippen LogP contribution in [0.1, 0.15) is 36.3 Å². The van der Waals surface area contributed by atoms with Crippen LogP contribution in [0.5, 0.6) is 0 Å². The van der Waals surface area contributed by atoms with Crippen molar-refractivity contribution in [2.45, 2.75) is 25.2 Å². The third-order valence-corrected chi connectivity index (χ3v) is 10.7. The van der Waals surface area contributed by atoms with Crippen LogP contribution in [-0.2, 0) is 0 Å². The SMILES string of the molecule is C1=CCCC(c2cc(N(C3=CCC(c4ccccc4)C=C3)c3ccc(-c4ccccc4)cc3)ccc2-c2cccc(-c3cccc4ccccc34)c2)=C1. The molecular formula is C52H41N. The van der Waals surface area contributed by atoms with Gasteiger partial charge in [0.05, 0.1) is 0 Å². The fourth-order valence-corrected chi connectivity index (χ4v) is 7.95. The fraction of sp³-hybridized carbons (Fsp3) is 0.0769. The molecular weight excluding hydrogens is 639 g/mol. The number of anilines is 2. The van der Waals surface area contributed by atoms with Gasteiger partial charge in [0.25, 0.3) is 0 Å². The molecule has 0 amide bonds. The summed E-state index contributed by atoms with van der Waals surface area (Å²) in [6.45, 7) is 0. The molecule has 7 aromatic rings. The summed E-state index contributed by atoms with van der Waals surface area (Å²) in [5, 5.41) is 2.54. The van der Waals surface area contributed by atoms with Gasteiger partial charge in [-0.1, -0.05) is 170 Å². The van der Waals surface area contributed by atoms with E-state index in [1.807, 2.05) is 0 Å². The zero-order valence-corrected chi connectivity index (χ0v) is 29.8. The molecule has 0 aromatic heterocycles. The lowest BCUT2D eigenvalue weighted by Gasteiger charge is -2.30. The summed E-state index contributed by atoms with van der Waals surface area (Å²) >= 11 is 0. The predicted octanol–water partition coefficient (Wildman–Crippen LogP) is 14.3. The van der Waals surface area contributed by atoms with E-state index in [0.29, 0.717) is 5.92 Å². The van der Waals surface area contributed by atoms with Crippen LogP contribution in [0, 0.1) is 0 Å². The minimum Gasteiger partial charge on any atom is -0.311 e. The van der Waals surface area contributed by atoms with Crippen LogP contribution in [0.15, 0.2) is 212 Å². The Morgan fingerprint density at radius 1 is 0.509 bits per heavy atom. The van der Waals surface area contributed by atoms with E-state index in [-0.39, 0.29) is 0 Å². The highest BCUT2D eigenvalue weighted by atomic mass is 15.1. The zero-order chi connectivity index (χ0) is 35.4. The molecule has 2 aliphatic carbocycles. The molecule has 9 rings (SSSR count). The number of nitrogens with zero attached hydrogens (tertiary/aromatic N) is 1. The first-order valence-corrected chi connectivity index (χ1v) is 18.8. The highest BCUT2D eigenvalue weighted by molar-refractivity contribution is 5.97. The number of fused-ring (bicyclic) bond motifs is 1. The summed E-state index contributed by atoms with van der Waals surface area (Å²) in [5.41, 5.74) is 14.9. The molecule has 1 unspecified atom stereocenters. The maximum atomic E-state index is 2.44. The van der Waals surface area contributed by atoms with Crippen molar-refractivity contribution in [2.24, 2.45) is 0 Å². The van der Waals surface area contributed by atoms with Gasteiger partial charge in [-0.15, -0.1) is 0 Å². The van der Waals surface area contributed by atoms with Gasteiger partial charge < -0.3 is 4.90 Å². The van der Waals surface area contributed by atoms with Crippen molar-refractivity contribution < 1.29 is 0 Å². The van der Waals surface area contributed by atoms with Crippen LogP contribution in [0.3, 0.4) is 0 Å². The first-order valence-electron chi connectivity index (χ1n) is 18.8. The van der Waals surface area contributed by atoms with Gasteiger partial charge in [0.1, 0.15) is 0 Å². The van der Waals surface area contributed by atoms with Crippen molar-refractivity contribution in [3.8, 4) is 33.4 Å². The zero-order valence-electron chi connectivity index (χ0n) is 29.8. The summed E-state index contributed by atoms with van der Waals surface area (Å²) in [7, 11) is 0. The molecule has 53 heavy (non-hydrogen) atoms. The van der Waals surface area contributed by atoms with E-state index < -0.39 is 0 Å². The normalized spacial score (nSPS) is 15.2. The number of hydrogen-bond donors (Lipinski definition) is 0. The molecule has 0 fully saturated rings. The van der Waals surface area contributed by atoms with Crippen LogP contribution < -0.4 is 4.90 Å². The maximum Gasteiger partial charge on any atom is 0.0467 e. The second kappa shape index (κ2) is 14.7. The molecule has 0 aliphatic heterocycles. The largest absolute Gasteiger partial charge is 0.311 e. The summed E-state index contributed by atoms with van der Waals surface area (Å²) in [4.78, 5) is 2.44. The Balaban J connectivity index is 1.15. The van der Waals surface area contributed by atoms with E-state index in [1.165, 1.54) is 66.6 Å². The molecule has 1 atom stereocenters. The van der Waals surface area contributed by atoms with Gasteiger partial charge >= 0.3 is 0 Å². The Labute approximate surface area is 313 Å². The number of allylic oxidation sites excluding steroid dienone is 7. The summed E-state index contributed by atoms with van der Waals surface area (Å²) in [6, 6.07) is 62.0. The van der Waals surface area contributed by atoms with Gasteiger partial charge in [-0.2, -0.15) is 0 Å². The smallest absolute Gasteiger partial charge is 0.0467 e. The first kappa shape index (κ1) is 32.5. The Hall–Kier alpha value is -6.44. The van der Waals surface area contributed by atoms with Gasteiger partial charge in [0.15, 0.2) is 0 Å². The van der Waals surface area contributed by atoms with E-state index in [1.54, 1.807) is 0 Å². The number of benzene rings is 7. The van der Waals surface area contributed by atoms with Crippen LogP contribution in [0.25, 0.3) is 49.7 Å². The molecule has 0 spiro atoms. The number of hydrogen-bond acceptors (Lipinski definition) is 1. The van der Waals surface area contributed by atoms with Crippen molar-refractivity contribution in [1.82, 2.24) is 0 Å².